The minimum absolute atomic E-state index is 0.451. The molecular weight excluding hydrogens is 246 g/mol. The molecule has 0 aliphatic carbocycles. The number of benzene rings is 1. The summed E-state index contributed by atoms with van der Waals surface area (Å²) in [6.07, 6.45) is 2.39. The van der Waals surface area contributed by atoms with Crippen LogP contribution in [0.5, 0.6) is 0 Å². The molecule has 1 atom stereocenters. The minimum atomic E-state index is 0.451. The van der Waals surface area contributed by atoms with Gasteiger partial charge in [-0.05, 0) is 45.4 Å². The summed E-state index contributed by atoms with van der Waals surface area (Å²) in [5, 5.41) is 3.44. The summed E-state index contributed by atoms with van der Waals surface area (Å²) in [7, 11) is 0. The average Bonchev–Trinajstić information content (AvgIpc) is 2.47. The Labute approximate surface area is 120 Å². The number of rotatable bonds is 2. The first-order valence-electron chi connectivity index (χ1n) is 7.36. The maximum Gasteiger partial charge on any atom is 0.133 e. The molecule has 2 aromatic rings. The van der Waals surface area contributed by atoms with Crippen LogP contribution in [-0.4, -0.2) is 23.1 Å². The van der Waals surface area contributed by atoms with Crippen LogP contribution in [0.2, 0.25) is 0 Å². The molecule has 2 heterocycles. The Morgan fingerprint density at radius 1 is 1.15 bits per heavy atom. The monoisotopic (exact) mass is 267 g/mol. The predicted molar refractivity (Wildman–Crippen MR) is 81.8 cm³/mol. The Bertz CT molecular complexity index is 601. The molecule has 20 heavy (non-hydrogen) atoms. The zero-order valence-corrected chi connectivity index (χ0v) is 12.2. The number of nitrogens with one attached hydrogen (secondary N) is 1. The largest absolute Gasteiger partial charge is 0.316 e. The second-order valence-electron chi connectivity index (χ2n) is 5.67. The van der Waals surface area contributed by atoms with Crippen molar-refractivity contribution in [3.05, 3.63) is 47.4 Å². The van der Waals surface area contributed by atoms with Gasteiger partial charge in [0.05, 0.1) is 5.69 Å². The number of aromatic nitrogens is 2. The predicted octanol–water partition coefficient (Wildman–Crippen LogP) is 3.23. The molecule has 104 valence electrons. The number of hydrogen-bond donors (Lipinski definition) is 1. The number of nitrogens with zero attached hydrogens (tertiary/aromatic N) is 2. The molecule has 1 aromatic heterocycles. The third-order valence-corrected chi connectivity index (χ3v) is 3.85. The van der Waals surface area contributed by atoms with Gasteiger partial charge >= 0.3 is 0 Å². The summed E-state index contributed by atoms with van der Waals surface area (Å²) in [6.45, 7) is 6.29. The van der Waals surface area contributed by atoms with E-state index in [9.17, 15) is 0 Å². The van der Waals surface area contributed by atoms with E-state index in [1.807, 2.05) is 0 Å². The summed E-state index contributed by atoms with van der Waals surface area (Å²) in [4.78, 5) is 9.47. The van der Waals surface area contributed by atoms with Gasteiger partial charge in [0.25, 0.3) is 0 Å². The standard InChI is InChI=1S/C17H21N3/c1-12-5-3-6-14(9-12)16-10-13(2)19-17(20-16)15-7-4-8-18-11-15/h3,5-6,9-10,15,18H,4,7-8,11H2,1-2H3. The molecule has 1 saturated heterocycles. The maximum absolute atomic E-state index is 4.82. The summed E-state index contributed by atoms with van der Waals surface area (Å²) >= 11 is 0. The summed E-state index contributed by atoms with van der Waals surface area (Å²) in [5.41, 5.74) is 4.54. The highest BCUT2D eigenvalue weighted by Gasteiger charge is 2.18. The topological polar surface area (TPSA) is 37.8 Å². The third kappa shape index (κ3) is 2.88. The first-order valence-corrected chi connectivity index (χ1v) is 7.36. The molecule has 0 spiro atoms. The lowest BCUT2D eigenvalue weighted by Crippen LogP contribution is -2.29. The van der Waals surface area contributed by atoms with Crippen LogP contribution in [-0.2, 0) is 0 Å². The van der Waals surface area contributed by atoms with Gasteiger partial charge in [0.15, 0.2) is 0 Å². The molecule has 3 nitrogen and oxygen atoms in total. The summed E-state index contributed by atoms with van der Waals surface area (Å²) in [5.74, 6) is 1.45. The molecule has 1 aliphatic rings. The molecule has 3 heteroatoms. The van der Waals surface area contributed by atoms with Gasteiger partial charge < -0.3 is 5.32 Å². The maximum atomic E-state index is 4.82. The zero-order chi connectivity index (χ0) is 13.9. The highest BCUT2D eigenvalue weighted by Crippen LogP contribution is 2.24. The molecule has 0 saturated carbocycles. The Morgan fingerprint density at radius 3 is 2.80 bits per heavy atom. The van der Waals surface area contributed by atoms with Crippen LogP contribution >= 0.6 is 0 Å². The van der Waals surface area contributed by atoms with Crippen LogP contribution in [0.4, 0.5) is 0 Å². The molecule has 1 aromatic carbocycles. The lowest BCUT2D eigenvalue weighted by atomic mass is 9.98. The van der Waals surface area contributed by atoms with Crippen LogP contribution in [0.3, 0.4) is 0 Å². The Morgan fingerprint density at radius 2 is 2.05 bits per heavy atom. The van der Waals surface area contributed by atoms with Gasteiger partial charge in [-0.1, -0.05) is 23.8 Å². The van der Waals surface area contributed by atoms with Crippen molar-refractivity contribution >= 4 is 0 Å². The van der Waals surface area contributed by atoms with E-state index in [0.29, 0.717) is 5.92 Å². The molecule has 1 unspecified atom stereocenters. The molecule has 1 fully saturated rings. The van der Waals surface area contributed by atoms with Crippen LogP contribution in [0, 0.1) is 13.8 Å². The van der Waals surface area contributed by atoms with Gasteiger partial charge in [-0.25, -0.2) is 9.97 Å². The molecule has 0 bridgehead atoms. The highest BCUT2D eigenvalue weighted by atomic mass is 14.9. The summed E-state index contributed by atoms with van der Waals surface area (Å²) < 4.78 is 0. The SMILES string of the molecule is Cc1cccc(-c2cc(C)nc(C3CCCNC3)n2)c1. The van der Waals surface area contributed by atoms with E-state index >= 15 is 0 Å². The normalized spacial score (nSPS) is 19.0. The van der Waals surface area contributed by atoms with Crippen molar-refractivity contribution in [3.8, 4) is 11.3 Å². The fourth-order valence-electron chi connectivity index (χ4n) is 2.80. The number of hydrogen-bond acceptors (Lipinski definition) is 3. The molecule has 0 radical (unpaired) electrons. The smallest absolute Gasteiger partial charge is 0.133 e. The molecule has 1 N–H and O–H groups in total. The van der Waals surface area contributed by atoms with E-state index in [-0.39, 0.29) is 0 Å². The fourth-order valence-corrected chi connectivity index (χ4v) is 2.80. The Hall–Kier alpha value is -1.74. The van der Waals surface area contributed by atoms with Crippen molar-refractivity contribution in [3.63, 3.8) is 0 Å². The molecule has 3 rings (SSSR count). The first kappa shape index (κ1) is 13.3. The molecular formula is C17H21N3. The lowest BCUT2D eigenvalue weighted by molar-refractivity contribution is 0.446. The molecule has 0 amide bonds. The van der Waals surface area contributed by atoms with Crippen LogP contribution in [0.25, 0.3) is 11.3 Å². The minimum Gasteiger partial charge on any atom is -0.316 e. The van der Waals surface area contributed by atoms with Crippen molar-refractivity contribution in [2.24, 2.45) is 0 Å². The van der Waals surface area contributed by atoms with Gasteiger partial charge in [0.2, 0.25) is 0 Å². The van der Waals surface area contributed by atoms with Crippen molar-refractivity contribution in [2.75, 3.05) is 13.1 Å². The van der Waals surface area contributed by atoms with Crippen molar-refractivity contribution < 1.29 is 0 Å². The van der Waals surface area contributed by atoms with E-state index in [2.05, 4.69) is 54.5 Å². The Balaban J connectivity index is 1.97. The lowest BCUT2D eigenvalue weighted by Gasteiger charge is -2.22. The quantitative estimate of drug-likeness (QED) is 0.907. The van der Waals surface area contributed by atoms with E-state index in [1.54, 1.807) is 0 Å². The highest BCUT2D eigenvalue weighted by molar-refractivity contribution is 5.60. The second-order valence-corrected chi connectivity index (χ2v) is 5.67. The van der Waals surface area contributed by atoms with Gasteiger partial charge in [-0.2, -0.15) is 0 Å². The van der Waals surface area contributed by atoms with Crippen molar-refractivity contribution in [1.82, 2.24) is 15.3 Å². The van der Waals surface area contributed by atoms with Crippen molar-refractivity contribution in [1.29, 1.82) is 0 Å². The van der Waals surface area contributed by atoms with Crippen LogP contribution in [0.1, 0.15) is 35.8 Å². The van der Waals surface area contributed by atoms with Gasteiger partial charge in [0, 0.05) is 23.7 Å². The third-order valence-electron chi connectivity index (χ3n) is 3.85. The van der Waals surface area contributed by atoms with E-state index < -0.39 is 0 Å². The number of aryl methyl sites for hydroxylation is 2. The van der Waals surface area contributed by atoms with Crippen LogP contribution < -0.4 is 5.32 Å². The van der Waals surface area contributed by atoms with E-state index in [0.717, 1.165) is 30.3 Å². The average molecular weight is 267 g/mol. The summed E-state index contributed by atoms with van der Waals surface area (Å²) in [6, 6.07) is 10.6. The second kappa shape index (κ2) is 5.71. The van der Waals surface area contributed by atoms with Gasteiger partial charge in [-0.3, -0.25) is 0 Å². The number of piperidine rings is 1. The van der Waals surface area contributed by atoms with Gasteiger partial charge in [0.1, 0.15) is 5.82 Å². The Kier molecular flexibility index (Phi) is 3.79. The van der Waals surface area contributed by atoms with E-state index in [4.69, 9.17) is 4.98 Å². The van der Waals surface area contributed by atoms with E-state index in [1.165, 1.54) is 24.0 Å². The van der Waals surface area contributed by atoms with Crippen LogP contribution in [0.15, 0.2) is 30.3 Å². The fraction of sp³-hybridized carbons (Fsp3) is 0.412. The van der Waals surface area contributed by atoms with Crippen molar-refractivity contribution in [2.45, 2.75) is 32.6 Å². The van der Waals surface area contributed by atoms with Gasteiger partial charge in [-0.15, -0.1) is 0 Å². The molecule has 1 aliphatic heterocycles. The first-order chi connectivity index (χ1) is 9.72. The zero-order valence-electron chi connectivity index (χ0n) is 12.2.